The van der Waals surface area contributed by atoms with Gasteiger partial charge in [0, 0.05) is 43.3 Å². The molecule has 0 saturated carbocycles. The molecule has 8 heteroatoms. The smallest absolute Gasteiger partial charge is 0.317 e. The van der Waals surface area contributed by atoms with Crippen LogP contribution in [0.3, 0.4) is 0 Å². The Morgan fingerprint density at radius 3 is 2.62 bits per heavy atom. The molecule has 0 bridgehead atoms. The highest BCUT2D eigenvalue weighted by molar-refractivity contribution is 6.30. The van der Waals surface area contributed by atoms with E-state index in [9.17, 15) is 4.79 Å². The SMILES string of the molecule is CCNC(=O)N1CCN(Cc2noc(-c3ccc(Cl)cc3)n2)CC1. The van der Waals surface area contributed by atoms with Crippen molar-refractivity contribution in [1.29, 1.82) is 0 Å². The van der Waals surface area contributed by atoms with E-state index < -0.39 is 0 Å². The van der Waals surface area contributed by atoms with Crippen molar-refractivity contribution in [2.75, 3.05) is 32.7 Å². The number of halogens is 1. The molecule has 2 amide bonds. The number of piperazine rings is 1. The van der Waals surface area contributed by atoms with E-state index in [1.165, 1.54) is 0 Å². The van der Waals surface area contributed by atoms with E-state index >= 15 is 0 Å². The maximum absolute atomic E-state index is 11.8. The highest BCUT2D eigenvalue weighted by Gasteiger charge is 2.22. The number of hydrogen-bond acceptors (Lipinski definition) is 5. The molecule has 128 valence electrons. The molecule has 0 spiro atoms. The number of carbonyl (C=O) groups is 1. The second-order valence-electron chi connectivity index (χ2n) is 5.62. The molecule has 2 heterocycles. The second kappa shape index (κ2) is 7.63. The molecule has 1 aliphatic rings. The summed E-state index contributed by atoms with van der Waals surface area (Å²) >= 11 is 5.88. The lowest BCUT2D eigenvalue weighted by Crippen LogP contribution is -2.51. The molecular weight excluding hydrogens is 330 g/mol. The summed E-state index contributed by atoms with van der Waals surface area (Å²) in [6.07, 6.45) is 0. The molecule has 2 aromatic rings. The molecule has 3 rings (SSSR count). The average molecular weight is 350 g/mol. The van der Waals surface area contributed by atoms with Crippen LogP contribution in [0.1, 0.15) is 12.7 Å². The molecule has 0 atom stereocenters. The van der Waals surface area contributed by atoms with Crippen LogP contribution >= 0.6 is 11.6 Å². The summed E-state index contributed by atoms with van der Waals surface area (Å²) in [6.45, 7) is 6.17. The number of carbonyl (C=O) groups excluding carboxylic acids is 1. The summed E-state index contributed by atoms with van der Waals surface area (Å²) < 4.78 is 5.32. The van der Waals surface area contributed by atoms with Crippen molar-refractivity contribution in [2.24, 2.45) is 0 Å². The first kappa shape index (κ1) is 16.7. The summed E-state index contributed by atoms with van der Waals surface area (Å²) in [4.78, 5) is 20.3. The summed E-state index contributed by atoms with van der Waals surface area (Å²) in [6, 6.07) is 7.29. The van der Waals surface area contributed by atoms with Crippen LogP contribution in [0.4, 0.5) is 4.79 Å². The number of urea groups is 1. The third-order valence-electron chi connectivity index (χ3n) is 3.91. The molecule has 1 aliphatic heterocycles. The zero-order chi connectivity index (χ0) is 16.9. The van der Waals surface area contributed by atoms with Crippen molar-refractivity contribution in [2.45, 2.75) is 13.5 Å². The topological polar surface area (TPSA) is 74.5 Å². The Labute approximate surface area is 145 Å². The van der Waals surface area contributed by atoms with Gasteiger partial charge in [-0.3, -0.25) is 4.90 Å². The van der Waals surface area contributed by atoms with Gasteiger partial charge in [0.25, 0.3) is 5.89 Å². The zero-order valence-corrected chi connectivity index (χ0v) is 14.3. The molecule has 1 N–H and O–H groups in total. The lowest BCUT2D eigenvalue weighted by molar-refractivity contribution is 0.133. The van der Waals surface area contributed by atoms with E-state index in [1.54, 1.807) is 12.1 Å². The third-order valence-corrected chi connectivity index (χ3v) is 4.16. The fourth-order valence-corrected chi connectivity index (χ4v) is 2.73. The molecule has 7 nitrogen and oxygen atoms in total. The molecule has 1 aromatic heterocycles. The number of aromatic nitrogens is 2. The highest BCUT2D eigenvalue weighted by Crippen LogP contribution is 2.20. The van der Waals surface area contributed by atoms with Gasteiger partial charge in [-0.1, -0.05) is 16.8 Å². The van der Waals surface area contributed by atoms with Crippen molar-refractivity contribution in [3.8, 4) is 11.5 Å². The number of amides is 2. The van der Waals surface area contributed by atoms with Gasteiger partial charge in [-0.05, 0) is 31.2 Å². The lowest BCUT2D eigenvalue weighted by atomic mass is 10.2. The summed E-state index contributed by atoms with van der Waals surface area (Å²) in [5.41, 5.74) is 0.846. The maximum Gasteiger partial charge on any atom is 0.317 e. The van der Waals surface area contributed by atoms with E-state index in [0.717, 1.165) is 18.7 Å². The second-order valence-corrected chi connectivity index (χ2v) is 6.06. The lowest BCUT2D eigenvalue weighted by Gasteiger charge is -2.33. The predicted molar refractivity (Wildman–Crippen MR) is 90.7 cm³/mol. The minimum atomic E-state index is 0.00161. The van der Waals surface area contributed by atoms with Crippen LogP contribution in [0.25, 0.3) is 11.5 Å². The van der Waals surface area contributed by atoms with Crippen LogP contribution in [-0.2, 0) is 6.54 Å². The molecule has 0 aliphatic carbocycles. The fraction of sp³-hybridized carbons (Fsp3) is 0.438. The van der Waals surface area contributed by atoms with Crippen molar-refractivity contribution >= 4 is 17.6 Å². The van der Waals surface area contributed by atoms with Gasteiger partial charge >= 0.3 is 6.03 Å². The number of nitrogens with one attached hydrogen (secondary N) is 1. The van der Waals surface area contributed by atoms with Crippen molar-refractivity contribution in [3.05, 3.63) is 35.1 Å². The first-order valence-corrected chi connectivity index (χ1v) is 8.37. The molecule has 1 fully saturated rings. The van der Waals surface area contributed by atoms with Crippen LogP contribution in [0, 0.1) is 0 Å². The number of benzene rings is 1. The van der Waals surface area contributed by atoms with E-state index in [1.807, 2.05) is 24.0 Å². The van der Waals surface area contributed by atoms with Crippen LogP contribution in [0.2, 0.25) is 5.02 Å². The quantitative estimate of drug-likeness (QED) is 0.916. The van der Waals surface area contributed by atoms with Gasteiger partial charge in [0.15, 0.2) is 5.82 Å². The van der Waals surface area contributed by atoms with E-state index in [2.05, 4.69) is 20.4 Å². The average Bonchev–Trinajstić information content (AvgIpc) is 3.05. The zero-order valence-electron chi connectivity index (χ0n) is 13.5. The van der Waals surface area contributed by atoms with Gasteiger partial charge < -0.3 is 14.7 Å². The summed E-state index contributed by atoms with van der Waals surface area (Å²) in [7, 11) is 0. The van der Waals surface area contributed by atoms with Crippen molar-refractivity contribution in [3.63, 3.8) is 0 Å². The standard InChI is InChI=1S/C16H20ClN5O2/c1-2-18-16(23)22-9-7-21(8-10-22)11-14-19-15(24-20-14)12-3-5-13(17)6-4-12/h3-6H,2,7-11H2,1H3,(H,18,23). The van der Waals surface area contributed by atoms with E-state index in [4.69, 9.17) is 16.1 Å². The summed E-state index contributed by atoms with van der Waals surface area (Å²) in [5.74, 6) is 1.13. The third kappa shape index (κ3) is 4.04. The Morgan fingerprint density at radius 2 is 1.96 bits per heavy atom. The summed E-state index contributed by atoms with van der Waals surface area (Å²) in [5, 5.41) is 7.53. The van der Waals surface area contributed by atoms with Gasteiger partial charge in [-0.25, -0.2) is 4.79 Å². The first-order chi connectivity index (χ1) is 11.7. The fourth-order valence-electron chi connectivity index (χ4n) is 2.60. The van der Waals surface area contributed by atoms with Crippen molar-refractivity contribution in [1.82, 2.24) is 25.3 Å². The van der Waals surface area contributed by atoms with Crippen molar-refractivity contribution < 1.29 is 9.32 Å². The predicted octanol–water partition coefficient (Wildman–Crippen LogP) is 2.24. The Balaban J connectivity index is 1.54. The Morgan fingerprint density at radius 1 is 1.25 bits per heavy atom. The van der Waals surface area contributed by atoms with Crippen LogP contribution in [-0.4, -0.2) is 58.7 Å². The van der Waals surface area contributed by atoms with E-state index in [-0.39, 0.29) is 6.03 Å². The number of hydrogen-bond donors (Lipinski definition) is 1. The van der Waals surface area contributed by atoms with E-state index in [0.29, 0.717) is 42.9 Å². The van der Waals surface area contributed by atoms with Crippen LogP contribution in [0.15, 0.2) is 28.8 Å². The molecule has 0 unspecified atom stereocenters. The highest BCUT2D eigenvalue weighted by atomic mass is 35.5. The van der Waals surface area contributed by atoms with Gasteiger partial charge in [0.1, 0.15) is 0 Å². The first-order valence-electron chi connectivity index (χ1n) is 7.99. The van der Waals surface area contributed by atoms with Gasteiger partial charge in [-0.2, -0.15) is 4.98 Å². The Hall–Kier alpha value is -2.12. The normalized spacial score (nSPS) is 15.5. The minimum absolute atomic E-state index is 0.00161. The van der Waals surface area contributed by atoms with Gasteiger partial charge in [0.2, 0.25) is 0 Å². The molecular formula is C16H20ClN5O2. The van der Waals surface area contributed by atoms with Gasteiger partial charge in [0.05, 0.1) is 6.54 Å². The van der Waals surface area contributed by atoms with Crippen LogP contribution < -0.4 is 5.32 Å². The molecule has 1 aromatic carbocycles. The number of nitrogens with zero attached hydrogens (tertiary/aromatic N) is 4. The maximum atomic E-state index is 11.8. The Kier molecular flexibility index (Phi) is 5.32. The minimum Gasteiger partial charge on any atom is -0.338 e. The largest absolute Gasteiger partial charge is 0.338 e. The monoisotopic (exact) mass is 349 g/mol. The van der Waals surface area contributed by atoms with Gasteiger partial charge in [-0.15, -0.1) is 0 Å². The Bertz CT molecular complexity index is 680. The van der Waals surface area contributed by atoms with Crippen LogP contribution in [0.5, 0.6) is 0 Å². The molecule has 1 saturated heterocycles. The molecule has 0 radical (unpaired) electrons. The molecule has 24 heavy (non-hydrogen) atoms. The number of rotatable bonds is 4.